The number of pyridine rings is 1. The van der Waals surface area contributed by atoms with Crippen LogP contribution in [0.15, 0.2) is 23.3 Å². The van der Waals surface area contributed by atoms with Gasteiger partial charge in [0.15, 0.2) is 0 Å². The molecule has 3 N–H and O–H groups in total. The number of nitrogen functional groups attached to an aromatic ring is 1. The summed E-state index contributed by atoms with van der Waals surface area (Å²) in [4.78, 5) is 22.0. The monoisotopic (exact) mass is 248 g/mol. The van der Waals surface area contributed by atoms with Gasteiger partial charge in [-0.05, 0) is 6.07 Å². The van der Waals surface area contributed by atoms with Crippen LogP contribution >= 0.6 is 0 Å². The molecule has 0 fully saturated rings. The number of ether oxygens (including phenoxy) is 2. The number of nitrogens with zero attached hydrogens (tertiary/aromatic N) is 2. The van der Waals surface area contributed by atoms with Crippen molar-refractivity contribution in [3.05, 3.63) is 28.8 Å². The number of hydrogen-bond acceptors (Lipinski definition) is 6. The summed E-state index contributed by atoms with van der Waals surface area (Å²) in [6.07, 6.45) is 2.93. The smallest absolute Gasteiger partial charge is 0.271 e. The van der Waals surface area contributed by atoms with Crippen LogP contribution < -0.4 is 20.8 Å². The molecule has 0 saturated heterocycles. The third-order valence-electron chi connectivity index (χ3n) is 2.32. The molecule has 7 heteroatoms. The van der Waals surface area contributed by atoms with E-state index in [2.05, 4.69) is 15.0 Å². The standard InChI is InChI=1S/C11H12N4O3/c1-17-8-5-14-11(18-2)9(15-8)6-3-7(12)10(16)13-4-6/h3-5H,12H2,1-2H3,(H,13,16). The number of H-pyrrole nitrogens is 1. The topological polar surface area (TPSA) is 103 Å². The van der Waals surface area contributed by atoms with Crippen LogP contribution in [0, 0.1) is 0 Å². The number of methoxy groups -OCH3 is 2. The predicted octanol–water partition coefficient (Wildman–Crippen LogP) is 0.431. The molecule has 0 spiro atoms. The molecule has 0 aliphatic carbocycles. The molecular formula is C11H12N4O3. The molecule has 0 aromatic carbocycles. The summed E-state index contributed by atoms with van der Waals surface area (Å²) in [6.45, 7) is 0. The lowest BCUT2D eigenvalue weighted by Crippen LogP contribution is -2.11. The lowest BCUT2D eigenvalue weighted by Gasteiger charge is -2.08. The van der Waals surface area contributed by atoms with E-state index >= 15 is 0 Å². The Hall–Kier alpha value is -2.57. The van der Waals surface area contributed by atoms with Gasteiger partial charge in [-0.25, -0.2) is 9.97 Å². The molecule has 0 radical (unpaired) electrons. The largest absolute Gasteiger partial charge is 0.480 e. The first-order valence-corrected chi connectivity index (χ1v) is 5.09. The van der Waals surface area contributed by atoms with Crippen LogP contribution in [0.25, 0.3) is 11.3 Å². The minimum Gasteiger partial charge on any atom is -0.480 e. The van der Waals surface area contributed by atoms with Crippen molar-refractivity contribution >= 4 is 5.69 Å². The molecule has 0 unspecified atom stereocenters. The molecule has 0 bridgehead atoms. The van der Waals surface area contributed by atoms with Crippen molar-refractivity contribution in [3.63, 3.8) is 0 Å². The van der Waals surface area contributed by atoms with E-state index in [9.17, 15) is 4.79 Å². The highest BCUT2D eigenvalue weighted by Gasteiger charge is 2.12. The van der Waals surface area contributed by atoms with Gasteiger partial charge in [0.1, 0.15) is 5.69 Å². The van der Waals surface area contributed by atoms with Gasteiger partial charge in [-0.15, -0.1) is 0 Å². The van der Waals surface area contributed by atoms with Gasteiger partial charge in [-0.1, -0.05) is 0 Å². The van der Waals surface area contributed by atoms with E-state index < -0.39 is 0 Å². The van der Waals surface area contributed by atoms with Crippen molar-refractivity contribution in [2.24, 2.45) is 0 Å². The SMILES string of the molecule is COc1cnc(OC)c(-c2c[nH]c(=O)c(N)c2)n1. The molecule has 2 aromatic heterocycles. The van der Waals surface area contributed by atoms with Gasteiger partial charge in [0.2, 0.25) is 11.8 Å². The summed E-state index contributed by atoms with van der Waals surface area (Å²) in [5.41, 5.74) is 6.34. The van der Waals surface area contributed by atoms with E-state index in [1.54, 1.807) is 0 Å². The molecule has 0 atom stereocenters. The number of nitrogens with two attached hydrogens (primary N) is 1. The average Bonchev–Trinajstić information content (AvgIpc) is 2.41. The number of nitrogens with one attached hydrogen (secondary N) is 1. The molecule has 0 saturated carbocycles. The third-order valence-corrected chi connectivity index (χ3v) is 2.32. The van der Waals surface area contributed by atoms with Crippen LogP contribution in [0.2, 0.25) is 0 Å². The minimum atomic E-state index is -0.353. The van der Waals surface area contributed by atoms with Gasteiger partial charge in [0, 0.05) is 11.8 Å². The van der Waals surface area contributed by atoms with Gasteiger partial charge >= 0.3 is 0 Å². The maximum absolute atomic E-state index is 11.2. The third kappa shape index (κ3) is 2.10. The van der Waals surface area contributed by atoms with Crippen LogP contribution in [0.1, 0.15) is 0 Å². The van der Waals surface area contributed by atoms with Crippen LogP contribution in [0.4, 0.5) is 5.69 Å². The first-order chi connectivity index (χ1) is 8.65. The Morgan fingerprint density at radius 2 is 2.11 bits per heavy atom. The minimum absolute atomic E-state index is 0.0965. The van der Waals surface area contributed by atoms with Crippen molar-refractivity contribution in [3.8, 4) is 23.0 Å². The number of aromatic nitrogens is 3. The van der Waals surface area contributed by atoms with E-state index in [1.807, 2.05) is 0 Å². The van der Waals surface area contributed by atoms with Crippen LogP contribution in [0.5, 0.6) is 11.8 Å². The first kappa shape index (κ1) is 11.9. The summed E-state index contributed by atoms with van der Waals surface area (Å²) in [5.74, 6) is 0.665. The summed E-state index contributed by atoms with van der Waals surface area (Å²) in [6, 6.07) is 1.50. The van der Waals surface area contributed by atoms with E-state index in [0.717, 1.165) is 0 Å². The van der Waals surface area contributed by atoms with Crippen molar-refractivity contribution in [1.82, 2.24) is 15.0 Å². The van der Waals surface area contributed by atoms with Gasteiger partial charge in [0.05, 0.1) is 26.1 Å². The highest BCUT2D eigenvalue weighted by molar-refractivity contribution is 5.66. The second kappa shape index (κ2) is 4.74. The van der Waals surface area contributed by atoms with Crippen molar-refractivity contribution in [2.75, 3.05) is 20.0 Å². The quantitative estimate of drug-likeness (QED) is 0.816. The fourth-order valence-corrected chi connectivity index (χ4v) is 1.44. The number of aromatic amines is 1. The summed E-state index contributed by atoms with van der Waals surface area (Å²) in [5, 5.41) is 0. The van der Waals surface area contributed by atoms with Gasteiger partial charge in [-0.3, -0.25) is 4.79 Å². The fourth-order valence-electron chi connectivity index (χ4n) is 1.44. The molecule has 2 rings (SSSR count). The molecule has 2 heterocycles. The first-order valence-electron chi connectivity index (χ1n) is 5.09. The Labute approximate surface area is 103 Å². The van der Waals surface area contributed by atoms with Gasteiger partial charge < -0.3 is 20.2 Å². The highest BCUT2D eigenvalue weighted by Crippen LogP contribution is 2.27. The average molecular weight is 248 g/mol. The van der Waals surface area contributed by atoms with Crippen LogP contribution in [-0.2, 0) is 0 Å². The Kier molecular flexibility index (Phi) is 3.13. The molecular weight excluding hydrogens is 236 g/mol. The zero-order valence-electron chi connectivity index (χ0n) is 9.93. The van der Waals surface area contributed by atoms with Crippen molar-refractivity contribution in [1.29, 1.82) is 0 Å². The van der Waals surface area contributed by atoms with E-state index in [4.69, 9.17) is 15.2 Å². The molecule has 0 amide bonds. The summed E-state index contributed by atoms with van der Waals surface area (Å²) < 4.78 is 10.1. The fraction of sp³-hybridized carbons (Fsp3) is 0.182. The highest BCUT2D eigenvalue weighted by atomic mass is 16.5. The number of rotatable bonds is 3. The predicted molar refractivity (Wildman–Crippen MR) is 65.6 cm³/mol. The summed E-state index contributed by atoms with van der Waals surface area (Å²) in [7, 11) is 2.97. The second-order valence-corrected chi connectivity index (χ2v) is 3.44. The Bertz CT molecular complexity index is 624. The molecule has 18 heavy (non-hydrogen) atoms. The maximum atomic E-state index is 11.2. The lowest BCUT2D eigenvalue weighted by atomic mass is 10.2. The zero-order chi connectivity index (χ0) is 13.1. The normalized spacial score (nSPS) is 10.1. The van der Waals surface area contributed by atoms with Crippen LogP contribution in [0.3, 0.4) is 0 Å². The second-order valence-electron chi connectivity index (χ2n) is 3.44. The Morgan fingerprint density at radius 1 is 1.33 bits per heavy atom. The van der Waals surface area contributed by atoms with Crippen molar-refractivity contribution < 1.29 is 9.47 Å². The van der Waals surface area contributed by atoms with Crippen LogP contribution in [-0.4, -0.2) is 29.2 Å². The number of hydrogen-bond donors (Lipinski definition) is 2. The zero-order valence-corrected chi connectivity index (χ0v) is 9.93. The van der Waals surface area contributed by atoms with Gasteiger partial charge in [-0.2, -0.15) is 0 Å². The molecule has 7 nitrogen and oxygen atoms in total. The van der Waals surface area contributed by atoms with E-state index in [-0.39, 0.29) is 11.2 Å². The lowest BCUT2D eigenvalue weighted by molar-refractivity contribution is 0.377. The Morgan fingerprint density at radius 3 is 2.72 bits per heavy atom. The summed E-state index contributed by atoms with van der Waals surface area (Å²) >= 11 is 0. The van der Waals surface area contributed by atoms with E-state index in [1.165, 1.54) is 32.7 Å². The van der Waals surface area contributed by atoms with Crippen molar-refractivity contribution in [2.45, 2.75) is 0 Å². The number of anilines is 1. The van der Waals surface area contributed by atoms with Gasteiger partial charge in [0.25, 0.3) is 5.56 Å². The maximum Gasteiger partial charge on any atom is 0.271 e. The van der Waals surface area contributed by atoms with E-state index in [0.29, 0.717) is 23.0 Å². The molecule has 2 aromatic rings. The molecule has 0 aliphatic heterocycles. The Balaban J connectivity index is 2.60. The molecule has 94 valence electrons. The molecule has 0 aliphatic rings.